The quantitative estimate of drug-likeness (QED) is 0.243. The summed E-state index contributed by atoms with van der Waals surface area (Å²) in [5.41, 5.74) is 3.43. The predicted molar refractivity (Wildman–Crippen MR) is 152 cm³/mol. The van der Waals surface area contributed by atoms with E-state index in [9.17, 15) is 4.79 Å². The van der Waals surface area contributed by atoms with Gasteiger partial charge >= 0.3 is 0 Å². The van der Waals surface area contributed by atoms with E-state index in [1.807, 2.05) is 61.0 Å². The van der Waals surface area contributed by atoms with Crippen LogP contribution in [0, 0.1) is 6.92 Å². The number of nitrogens with zero attached hydrogens (tertiary/aromatic N) is 5. The molecule has 3 heterocycles. The first-order chi connectivity index (χ1) is 19.6. The largest absolute Gasteiger partial charge is 0.494 e. The van der Waals surface area contributed by atoms with E-state index < -0.39 is 6.04 Å². The van der Waals surface area contributed by atoms with E-state index in [1.165, 1.54) is 0 Å². The molecule has 206 valence electrons. The van der Waals surface area contributed by atoms with E-state index in [0.29, 0.717) is 31.1 Å². The van der Waals surface area contributed by atoms with Crippen LogP contribution >= 0.6 is 0 Å². The number of tetrazole rings is 1. The van der Waals surface area contributed by atoms with Crippen molar-refractivity contribution in [2.45, 2.75) is 64.7 Å². The highest BCUT2D eigenvalue weighted by atomic mass is 16.5. The highest BCUT2D eigenvalue weighted by Crippen LogP contribution is 2.35. The van der Waals surface area contributed by atoms with Gasteiger partial charge in [-0.2, -0.15) is 0 Å². The summed E-state index contributed by atoms with van der Waals surface area (Å²) in [6, 6.07) is 19.7. The molecule has 9 nitrogen and oxygen atoms in total. The SMILES string of the molecule is CCOc1ccc(CN(Cc2ccco2)C(c2cc3ccc(C)cc3[nH]c2=O)c2nnnn2C2CCCC2)cc1. The molecule has 5 aromatic rings. The van der Waals surface area contributed by atoms with Crippen LogP contribution in [0.15, 0.2) is 76.1 Å². The average molecular weight is 539 g/mol. The Morgan fingerprint density at radius 3 is 2.67 bits per heavy atom. The third-order valence-corrected chi connectivity index (χ3v) is 7.68. The van der Waals surface area contributed by atoms with Crippen LogP contribution in [-0.2, 0) is 13.1 Å². The molecule has 3 aromatic heterocycles. The molecule has 1 saturated carbocycles. The lowest BCUT2D eigenvalue weighted by Gasteiger charge is -2.31. The fourth-order valence-corrected chi connectivity index (χ4v) is 5.76. The molecule has 1 atom stereocenters. The first kappa shape index (κ1) is 26.0. The second-order valence-electron chi connectivity index (χ2n) is 10.5. The maximum absolute atomic E-state index is 13.8. The number of hydrogen-bond donors (Lipinski definition) is 1. The highest BCUT2D eigenvalue weighted by Gasteiger charge is 2.34. The molecule has 2 aromatic carbocycles. The van der Waals surface area contributed by atoms with Gasteiger partial charge in [0.15, 0.2) is 5.82 Å². The van der Waals surface area contributed by atoms with Crippen LogP contribution in [0.2, 0.25) is 0 Å². The van der Waals surface area contributed by atoms with E-state index >= 15 is 0 Å². The number of nitrogens with one attached hydrogen (secondary N) is 1. The molecular formula is C31H34N6O3. The Hall–Kier alpha value is -4.24. The van der Waals surface area contributed by atoms with Crippen molar-refractivity contribution in [3.8, 4) is 5.75 Å². The number of aromatic nitrogens is 5. The maximum Gasteiger partial charge on any atom is 0.253 e. The molecule has 6 rings (SSSR count). The molecule has 1 aliphatic rings. The number of aryl methyl sites for hydroxylation is 1. The van der Waals surface area contributed by atoms with Crippen LogP contribution in [0.25, 0.3) is 10.9 Å². The van der Waals surface area contributed by atoms with Crippen molar-refractivity contribution in [1.82, 2.24) is 30.1 Å². The van der Waals surface area contributed by atoms with E-state index in [2.05, 4.69) is 43.6 Å². The average Bonchev–Trinajstić information content (AvgIpc) is 3.74. The van der Waals surface area contributed by atoms with Gasteiger partial charge in [-0.1, -0.05) is 37.1 Å². The van der Waals surface area contributed by atoms with Gasteiger partial charge in [-0.05, 0) is 90.0 Å². The number of hydrogen-bond acceptors (Lipinski definition) is 7. The Morgan fingerprint density at radius 2 is 1.93 bits per heavy atom. The summed E-state index contributed by atoms with van der Waals surface area (Å²) in [7, 11) is 0. The van der Waals surface area contributed by atoms with Crippen LogP contribution in [0.4, 0.5) is 0 Å². The minimum atomic E-state index is -0.512. The van der Waals surface area contributed by atoms with Gasteiger partial charge in [-0.3, -0.25) is 9.69 Å². The van der Waals surface area contributed by atoms with E-state index in [4.69, 9.17) is 9.15 Å². The summed E-state index contributed by atoms with van der Waals surface area (Å²) in [5.74, 6) is 2.29. The first-order valence-electron chi connectivity index (χ1n) is 14.0. The maximum atomic E-state index is 13.8. The van der Waals surface area contributed by atoms with Crippen molar-refractivity contribution in [3.63, 3.8) is 0 Å². The Labute approximate surface area is 232 Å². The van der Waals surface area contributed by atoms with Crippen molar-refractivity contribution >= 4 is 10.9 Å². The number of pyridine rings is 1. The van der Waals surface area contributed by atoms with Gasteiger partial charge in [0.1, 0.15) is 17.6 Å². The van der Waals surface area contributed by atoms with Gasteiger partial charge in [-0.15, -0.1) is 5.10 Å². The number of ether oxygens (including phenoxy) is 1. The van der Waals surface area contributed by atoms with Crippen molar-refractivity contribution in [2.24, 2.45) is 0 Å². The normalized spacial score (nSPS) is 14.8. The summed E-state index contributed by atoms with van der Waals surface area (Å²) < 4.78 is 13.4. The third kappa shape index (κ3) is 5.42. The fourth-order valence-electron chi connectivity index (χ4n) is 5.76. The van der Waals surface area contributed by atoms with Crippen LogP contribution in [0.3, 0.4) is 0 Å². The van der Waals surface area contributed by atoms with Gasteiger partial charge in [0.2, 0.25) is 0 Å². The van der Waals surface area contributed by atoms with Crippen LogP contribution in [-0.4, -0.2) is 36.7 Å². The summed E-state index contributed by atoms with van der Waals surface area (Å²) in [5, 5.41) is 14.1. The summed E-state index contributed by atoms with van der Waals surface area (Å²) >= 11 is 0. The molecule has 1 unspecified atom stereocenters. The second kappa shape index (κ2) is 11.5. The number of fused-ring (bicyclic) bond motifs is 1. The Balaban J connectivity index is 1.49. The molecule has 9 heteroatoms. The monoisotopic (exact) mass is 538 g/mol. The highest BCUT2D eigenvalue weighted by molar-refractivity contribution is 5.79. The smallest absolute Gasteiger partial charge is 0.253 e. The van der Waals surface area contributed by atoms with Crippen LogP contribution in [0.1, 0.15) is 73.0 Å². The lowest BCUT2D eigenvalue weighted by Crippen LogP contribution is -2.35. The van der Waals surface area contributed by atoms with Gasteiger partial charge in [-0.25, -0.2) is 4.68 Å². The number of H-pyrrole nitrogens is 1. The molecule has 1 fully saturated rings. The molecule has 40 heavy (non-hydrogen) atoms. The third-order valence-electron chi connectivity index (χ3n) is 7.68. The second-order valence-corrected chi connectivity index (χ2v) is 10.5. The summed E-state index contributed by atoms with van der Waals surface area (Å²) in [6.07, 6.45) is 6.01. The number of furan rings is 1. The number of aromatic amines is 1. The minimum Gasteiger partial charge on any atom is -0.494 e. The summed E-state index contributed by atoms with van der Waals surface area (Å²) in [6.45, 7) is 5.61. The lowest BCUT2D eigenvalue weighted by atomic mass is 10.0. The molecule has 0 radical (unpaired) electrons. The molecule has 0 amide bonds. The Bertz CT molecular complexity index is 1620. The van der Waals surface area contributed by atoms with Gasteiger partial charge in [0.05, 0.1) is 25.5 Å². The molecule has 0 saturated heterocycles. The van der Waals surface area contributed by atoms with E-state index in [-0.39, 0.29) is 11.6 Å². The number of rotatable bonds is 10. The molecular weight excluding hydrogens is 504 g/mol. The summed E-state index contributed by atoms with van der Waals surface area (Å²) in [4.78, 5) is 19.1. The van der Waals surface area contributed by atoms with Gasteiger partial charge < -0.3 is 14.1 Å². The topological polar surface area (TPSA) is 102 Å². The predicted octanol–water partition coefficient (Wildman–Crippen LogP) is 5.72. The van der Waals surface area contributed by atoms with Crippen molar-refractivity contribution in [3.05, 3.63) is 106 Å². The molecule has 1 aliphatic carbocycles. The Morgan fingerprint density at radius 1 is 1.10 bits per heavy atom. The van der Waals surface area contributed by atoms with Crippen LogP contribution in [0.5, 0.6) is 5.75 Å². The van der Waals surface area contributed by atoms with Gasteiger partial charge in [0.25, 0.3) is 5.56 Å². The lowest BCUT2D eigenvalue weighted by molar-refractivity contribution is 0.176. The molecule has 0 spiro atoms. The van der Waals surface area contributed by atoms with E-state index in [0.717, 1.165) is 59.2 Å². The zero-order valence-electron chi connectivity index (χ0n) is 22.9. The Kier molecular flexibility index (Phi) is 7.46. The van der Waals surface area contributed by atoms with E-state index in [1.54, 1.807) is 6.26 Å². The standard InChI is InChI=1S/C31H34N6O3/c1-3-39-25-14-11-22(12-15-25)19-36(20-26-9-6-16-40-26)29(30-33-34-35-37(30)24-7-4-5-8-24)27-18-23-13-10-21(2)17-28(23)32-31(27)38/h6,9-18,24,29H,3-5,7-8,19-20H2,1-2H3,(H,32,38). The van der Waals surface area contributed by atoms with Crippen LogP contribution < -0.4 is 10.3 Å². The number of benzene rings is 2. The first-order valence-corrected chi connectivity index (χ1v) is 14.0. The van der Waals surface area contributed by atoms with Crippen molar-refractivity contribution in [1.29, 1.82) is 0 Å². The van der Waals surface area contributed by atoms with Gasteiger partial charge in [0, 0.05) is 17.6 Å². The molecule has 0 bridgehead atoms. The zero-order valence-corrected chi connectivity index (χ0v) is 22.9. The van der Waals surface area contributed by atoms with Crippen molar-refractivity contribution in [2.75, 3.05) is 6.61 Å². The minimum absolute atomic E-state index is 0.153. The van der Waals surface area contributed by atoms with Crippen molar-refractivity contribution < 1.29 is 9.15 Å². The fraction of sp³-hybridized carbons (Fsp3) is 0.355. The molecule has 0 aliphatic heterocycles. The zero-order chi connectivity index (χ0) is 27.5. The molecule has 1 N–H and O–H groups in total.